The number of benzene rings is 2. The van der Waals surface area contributed by atoms with Crippen LogP contribution in [0.25, 0.3) is 0 Å². The molecule has 1 heterocycles. The van der Waals surface area contributed by atoms with Crippen LogP contribution in [0.5, 0.6) is 0 Å². The van der Waals surface area contributed by atoms with E-state index < -0.39 is 0 Å². The fourth-order valence-corrected chi connectivity index (χ4v) is 5.36. The molecule has 1 fully saturated rings. The first-order chi connectivity index (χ1) is 14.8. The molecule has 31 heavy (non-hydrogen) atoms. The summed E-state index contributed by atoms with van der Waals surface area (Å²) < 4.78 is 0. The Bertz CT molecular complexity index is 1050. The van der Waals surface area contributed by atoms with E-state index in [0.717, 1.165) is 18.5 Å². The third-order valence-corrected chi connectivity index (χ3v) is 7.35. The Hall–Kier alpha value is -2.42. The number of nitriles is 1. The van der Waals surface area contributed by atoms with E-state index in [2.05, 4.69) is 35.9 Å². The van der Waals surface area contributed by atoms with Crippen LogP contribution >= 0.6 is 23.2 Å². The highest BCUT2D eigenvalue weighted by molar-refractivity contribution is 6.42. The van der Waals surface area contributed by atoms with E-state index in [0.29, 0.717) is 39.7 Å². The van der Waals surface area contributed by atoms with Gasteiger partial charge >= 0.3 is 6.03 Å². The number of halogens is 2. The summed E-state index contributed by atoms with van der Waals surface area (Å²) in [5.41, 5.74) is 3.51. The van der Waals surface area contributed by atoms with Gasteiger partial charge in [-0.2, -0.15) is 5.26 Å². The summed E-state index contributed by atoms with van der Waals surface area (Å²) in [4.78, 5) is 12.5. The Morgan fingerprint density at radius 3 is 2.74 bits per heavy atom. The second-order valence-electron chi connectivity index (χ2n) is 9.16. The van der Waals surface area contributed by atoms with Crippen molar-refractivity contribution in [3.8, 4) is 6.07 Å². The lowest BCUT2D eigenvalue weighted by atomic mass is 9.69. The zero-order valence-electron chi connectivity index (χ0n) is 17.6. The molecule has 1 aliphatic heterocycles. The summed E-state index contributed by atoms with van der Waals surface area (Å²) in [6.45, 7) is 4.90. The number of amides is 2. The molecule has 162 valence electrons. The molecular formula is C24H26Cl2N4O. The molecule has 3 atom stereocenters. The number of carbonyl (C=O) groups is 1. The van der Waals surface area contributed by atoms with E-state index in [4.69, 9.17) is 23.2 Å². The fraction of sp³-hybridized carbons (Fsp3) is 0.417. The molecule has 1 saturated carbocycles. The minimum atomic E-state index is -0.274. The summed E-state index contributed by atoms with van der Waals surface area (Å²) in [7, 11) is 0. The van der Waals surface area contributed by atoms with Crippen molar-refractivity contribution in [3.05, 3.63) is 57.6 Å². The van der Waals surface area contributed by atoms with E-state index >= 15 is 0 Å². The molecule has 2 aromatic carbocycles. The van der Waals surface area contributed by atoms with Crippen LogP contribution in [0.4, 0.5) is 16.2 Å². The highest BCUT2D eigenvalue weighted by atomic mass is 35.5. The van der Waals surface area contributed by atoms with Crippen LogP contribution in [-0.4, -0.2) is 18.6 Å². The lowest BCUT2D eigenvalue weighted by Gasteiger charge is -2.45. The molecule has 2 amide bonds. The quantitative estimate of drug-likeness (QED) is 0.498. The lowest BCUT2D eigenvalue weighted by molar-refractivity contribution is 0.203. The van der Waals surface area contributed by atoms with Crippen molar-refractivity contribution in [2.45, 2.75) is 45.1 Å². The molecular weight excluding hydrogens is 431 g/mol. The maximum absolute atomic E-state index is 12.5. The predicted octanol–water partition coefficient (Wildman–Crippen LogP) is 6.39. The van der Waals surface area contributed by atoms with Gasteiger partial charge in [0.05, 0.1) is 21.7 Å². The van der Waals surface area contributed by atoms with Crippen molar-refractivity contribution in [2.75, 3.05) is 17.2 Å². The van der Waals surface area contributed by atoms with Gasteiger partial charge < -0.3 is 16.0 Å². The number of urea groups is 1. The SMILES string of the molecule is CC(C)(CNC(=O)Nc1ccc(Cl)c(Cl)c1)C1Nc2ccc(C#N)cc2C2CCCC21. The Kier molecular flexibility index (Phi) is 6.05. The molecule has 2 aliphatic rings. The molecule has 4 rings (SSSR count). The molecule has 0 saturated heterocycles. The number of nitrogens with one attached hydrogen (secondary N) is 3. The number of nitrogens with zero attached hydrogens (tertiary/aromatic N) is 1. The van der Waals surface area contributed by atoms with Crippen molar-refractivity contribution < 1.29 is 4.79 Å². The molecule has 3 N–H and O–H groups in total. The molecule has 1 aliphatic carbocycles. The zero-order valence-corrected chi connectivity index (χ0v) is 19.1. The van der Waals surface area contributed by atoms with E-state index in [-0.39, 0.29) is 17.5 Å². The van der Waals surface area contributed by atoms with Crippen LogP contribution in [0.3, 0.4) is 0 Å². The Morgan fingerprint density at radius 2 is 2.00 bits per heavy atom. The summed E-state index contributed by atoms with van der Waals surface area (Å²) in [6, 6.07) is 13.2. The van der Waals surface area contributed by atoms with Crippen molar-refractivity contribution in [1.29, 1.82) is 5.26 Å². The maximum Gasteiger partial charge on any atom is 0.319 e. The van der Waals surface area contributed by atoms with Crippen LogP contribution in [0.15, 0.2) is 36.4 Å². The van der Waals surface area contributed by atoms with Gasteiger partial charge in [0.15, 0.2) is 0 Å². The molecule has 0 spiro atoms. The first kappa shape index (κ1) is 21.8. The molecule has 0 radical (unpaired) electrons. The van der Waals surface area contributed by atoms with Gasteiger partial charge in [-0.05, 0) is 66.6 Å². The molecule has 7 heteroatoms. The summed E-state index contributed by atoms with van der Waals surface area (Å²) in [5.74, 6) is 0.940. The Morgan fingerprint density at radius 1 is 1.19 bits per heavy atom. The second-order valence-corrected chi connectivity index (χ2v) is 9.98. The number of anilines is 2. The van der Waals surface area contributed by atoms with Crippen molar-refractivity contribution in [2.24, 2.45) is 11.3 Å². The molecule has 0 bridgehead atoms. The summed E-state index contributed by atoms with van der Waals surface area (Å²) >= 11 is 12.0. The van der Waals surface area contributed by atoms with E-state index in [1.165, 1.54) is 12.0 Å². The number of carbonyl (C=O) groups excluding carboxylic acids is 1. The third kappa shape index (κ3) is 4.46. The third-order valence-electron chi connectivity index (χ3n) is 6.61. The highest BCUT2D eigenvalue weighted by Crippen LogP contribution is 2.51. The summed E-state index contributed by atoms with van der Waals surface area (Å²) in [5, 5.41) is 19.7. The zero-order chi connectivity index (χ0) is 22.2. The van der Waals surface area contributed by atoms with Crippen LogP contribution in [0.2, 0.25) is 10.0 Å². The average molecular weight is 457 g/mol. The largest absolute Gasteiger partial charge is 0.381 e. The molecule has 2 aromatic rings. The van der Waals surface area contributed by atoms with E-state index in [1.807, 2.05) is 18.2 Å². The predicted molar refractivity (Wildman–Crippen MR) is 126 cm³/mol. The average Bonchev–Trinajstić information content (AvgIpc) is 3.24. The first-order valence-corrected chi connectivity index (χ1v) is 11.3. The minimum Gasteiger partial charge on any atom is -0.381 e. The second kappa shape index (κ2) is 8.61. The topological polar surface area (TPSA) is 77.0 Å². The molecule has 3 unspecified atom stereocenters. The lowest BCUT2D eigenvalue weighted by Crippen LogP contribution is -2.51. The van der Waals surface area contributed by atoms with Gasteiger partial charge in [0.2, 0.25) is 0 Å². The minimum absolute atomic E-state index is 0.173. The molecule has 0 aromatic heterocycles. The van der Waals surface area contributed by atoms with Crippen molar-refractivity contribution in [1.82, 2.24) is 5.32 Å². The van der Waals surface area contributed by atoms with Gasteiger partial charge in [-0.15, -0.1) is 0 Å². The van der Waals surface area contributed by atoms with Gasteiger partial charge in [-0.3, -0.25) is 0 Å². The van der Waals surface area contributed by atoms with Crippen LogP contribution in [0.1, 0.15) is 50.2 Å². The standard InChI is InChI=1S/C24H26Cl2N4O/c1-24(2,13-28-23(31)29-15-7-8-19(25)20(26)11-15)22-17-5-3-4-16(17)18-10-14(12-27)6-9-21(18)30-22/h6-11,16-17,22,30H,3-5,13H2,1-2H3,(H2,28,29,31). The van der Waals surface area contributed by atoms with Crippen LogP contribution < -0.4 is 16.0 Å². The number of fused-ring (bicyclic) bond motifs is 3. The maximum atomic E-state index is 12.5. The van der Waals surface area contributed by atoms with Crippen LogP contribution in [-0.2, 0) is 0 Å². The molecule has 5 nitrogen and oxygen atoms in total. The van der Waals surface area contributed by atoms with Gasteiger partial charge in [-0.1, -0.05) is 43.5 Å². The summed E-state index contributed by atoms with van der Waals surface area (Å²) in [6.07, 6.45) is 3.48. The van der Waals surface area contributed by atoms with Gasteiger partial charge in [-0.25, -0.2) is 4.79 Å². The number of rotatable bonds is 4. The smallest absolute Gasteiger partial charge is 0.319 e. The fourth-order valence-electron chi connectivity index (χ4n) is 5.06. The van der Waals surface area contributed by atoms with E-state index in [9.17, 15) is 10.1 Å². The first-order valence-electron chi connectivity index (χ1n) is 10.6. The number of hydrogen-bond acceptors (Lipinski definition) is 3. The van der Waals surface area contributed by atoms with Gasteiger partial charge in [0.25, 0.3) is 0 Å². The van der Waals surface area contributed by atoms with Crippen LogP contribution in [0, 0.1) is 22.7 Å². The monoisotopic (exact) mass is 456 g/mol. The van der Waals surface area contributed by atoms with E-state index in [1.54, 1.807) is 18.2 Å². The van der Waals surface area contributed by atoms with Gasteiger partial charge in [0.1, 0.15) is 0 Å². The Labute approximate surface area is 193 Å². The highest BCUT2D eigenvalue weighted by Gasteiger charge is 2.45. The van der Waals surface area contributed by atoms with Crippen molar-refractivity contribution in [3.63, 3.8) is 0 Å². The normalized spacial score (nSPS) is 22.0. The Balaban J connectivity index is 1.46. The van der Waals surface area contributed by atoms with Crippen molar-refractivity contribution >= 4 is 40.6 Å². The van der Waals surface area contributed by atoms with Gasteiger partial charge in [0, 0.05) is 29.4 Å². The number of hydrogen-bond donors (Lipinski definition) is 3.